The predicted molar refractivity (Wildman–Crippen MR) is 71.8 cm³/mol. The van der Waals surface area contributed by atoms with E-state index in [1.54, 1.807) is 30.0 Å². The van der Waals surface area contributed by atoms with Crippen molar-refractivity contribution in [3.63, 3.8) is 0 Å². The molecule has 1 aromatic rings. The Kier molecular flexibility index (Phi) is 4.25. The van der Waals surface area contributed by atoms with E-state index < -0.39 is 6.10 Å². The monoisotopic (exact) mass is 267 g/mol. The molecule has 1 saturated heterocycles. The van der Waals surface area contributed by atoms with Gasteiger partial charge in [-0.3, -0.25) is 4.79 Å². The summed E-state index contributed by atoms with van der Waals surface area (Å²) in [5.74, 6) is -0.0776. The van der Waals surface area contributed by atoms with Crippen LogP contribution in [0.15, 0.2) is 24.3 Å². The van der Waals surface area contributed by atoms with Crippen LogP contribution < -0.4 is 0 Å². The molecule has 0 bridgehead atoms. The van der Waals surface area contributed by atoms with Crippen LogP contribution in [0.5, 0.6) is 0 Å². The number of hydrogen-bond donors (Lipinski definition) is 1. The Bertz CT molecular complexity index is 434. The van der Waals surface area contributed by atoms with Crippen molar-refractivity contribution < 1.29 is 9.90 Å². The molecule has 1 fully saturated rings. The molecule has 0 aliphatic carbocycles. The molecule has 1 heterocycles. The minimum atomic E-state index is -0.503. The number of aliphatic hydroxyl groups is 1. The molecule has 1 aliphatic heterocycles. The number of likely N-dealkylation sites (tertiary alicyclic amines) is 1. The van der Waals surface area contributed by atoms with Crippen molar-refractivity contribution in [2.75, 3.05) is 6.54 Å². The molecule has 0 aromatic heterocycles. The molecule has 0 radical (unpaired) electrons. The number of hydrogen-bond acceptors (Lipinski definition) is 2. The van der Waals surface area contributed by atoms with Crippen molar-refractivity contribution in [1.29, 1.82) is 0 Å². The van der Waals surface area contributed by atoms with E-state index in [-0.39, 0.29) is 11.9 Å². The number of amides is 1. The van der Waals surface area contributed by atoms with E-state index in [2.05, 4.69) is 0 Å². The van der Waals surface area contributed by atoms with E-state index >= 15 is 0 Å². The van der Waals surface area contributed by atoms with Crippen LogP contribution in [-0.2, 0) is 0 Å². The highest BCUT2D eigenvalue weighted by Gasteiger charge is 2.31. The van der Waals surface area contributed by atoms with E-state index in [9.17, 15) is 9.90 Å². The molecule has 2 rings (SSSR count). The number of benzene rings is 1. The van der Waals surface area contributed by atoms with E-state index in [1.165, 1.54) is 0 Å². The first-order chi connectivity index (χ1) is 8.61. The standard InChI is InChI=1S/C14H18ClNO2/c1-10(17)13-8-4-5-9-16(13)14(18)11-6-2-3-7-12(11)15/h2-3,6-7,10,13,17H,4-5,8-9H2,1H3/t10-,13-/m0/s1. The Hall–Kier alpha value is -1.06. The number of aliphatic hydroxyl groups excluding tert-OH is 1. The fourth-order valence-corrected chi connectivity index (χ4v) is 2.72. The van der Waals surface area contributed by atoms with Gasteiger partial charge >= 0.3 is 0 Å². The molecule has 4 heteroatoms. The minimum absolute atomic E-state index is 0.0776. The lowest BCUT2D eigenvalue weighted by Gasteiger charge is -2.37. The highest BCUT2D eigenvalue weighted by atomic mass is 35.5. The molecular formula is C14H18ClNO2. The van der Waals surface area contributed by atoms with E-state index in [4.69, 9.17) is 11.6 Å². The summed E-state index contributed by atoms with van der Waals surface area (Å²) in [6.45, 7) is 2.43. The normalized spacial score (nSPS) is 21.7. The van der Waals surface area contributed by atoms with Crippen molar-refractivity contribution in [1.82, 2.24) is 4.90 Å². The molecule has 3 nitrogen and oxygen atoms in total. The molecule has 0 saturated carbocycles. The molecule has 1 N–H and O–H groups in total. The molecule has 2 atom stereocenters. The van der Waals surface area contributed by atoms with Crippen LogP contribution in [0.3, 0.4) is 0 Å². The second-order valence-electron chi connectivity index (χ2n) is 4.78. The minimum Gasteiger partial charge on any atom is -0.391 e. The van der Waals surface area contributed by atoms with Gasteiger partial charge in [0, 0.05) is 6.54 Å². The number of piperidine rings is 1. The van der Waals surface area contributed by atoms with Gasteiger partial charge in [0.15, 0.2) is 0 Å². The zero-order valence-electron chi connectivity index (χ0n) is 10.5. The summed E-state index contributed by atoms with van der Waals surface area (Å²) in [4.78, 5) is 14.2. The molecule has 1 aromatic carbocycles. The molecule has 0 spiro atoms. The van der Waals surface area contributed by atoms with Gasteiger partial charge in [0.1, 0.15) is 0 Å². The van der Waals surface area contributed by atoms with Gasteiger partial charge in [0.2, 0.25) is 0 Å². The van der Waals surface area contributed by atoms with Crippen LogP contribution in [0.4, 0.5) is 0 Å². The first kappa shape index (κ1) is 13.4. The van der Waals surface area contributed by atoms with Crippen molar-refractivity contribution in [3.05, 3.63) is 34.9 Å². The molecule has 98 valence electrons. The van der Waals surface area contributed by atoms with Crippen LogP contribution in [0.25, 0.3) is 0 Å². The maximum Gasteiger partial charge on any atom is 0.255 e. The lowest BCUT2D eigenvalue weighted by molar-refractivity contribution is 0.0281. The van der Waals surface area contributed by atoms with Crippen molar-refractivity contribution in [3.8, 4) is 0 Å². The Labute approximate surface area is 112 Å². The zero-order valence-corrected chi connectivity index (χ0v) is 11.2. The first-order valence-electron chi connectivity index (χ1n) is 6.35. The van der Waals surface area contributed by atoms with E-state index in [0.29, 0.717) is 17.1 Å². The van der Waals surface area contributed by atoms with Crippen molar-refractivity contribution in [2.24, 2.45) is 0 Å². The first-order valence-corrected chi connectivity index (χ1v) is 6.72. The third kappa shape index (κ3) is 2.68. The van der Waals surface area contributed by atoms with Gasteiger partial charge in [-0.15, -0.1) is 0 Å². The van der Waals surface area contributed by atoms with Gasteiger partial charge in [-0.05, 0) is 38.3 Å². The summed E-state index contributed by atoms with van der Waals surface area (Å²) in [5, 5.41) is 10.3. The Morgan fingerprint density at radius 1 is 1.44 bits per heavy atom. The summed E-state index contributed by atoms with van der Waals surface area (Å²) < 4.78 is 0. The third-order valence-electron chi connectivity index (χ3n) is 3.47. The lowest BCUT2D eigenvalue weighted by atomic mass is 9.97. The highest BCUT2D eigenvalue weighted by molar-refractivity contribution is 6.33. The maximum absolute atomic E-state index is 12.5. The zero-order chi connectivity index (χ0) is 13.1. The van der Waals surface area contributed by atoms with Crippen LogP contribution in [0.2, 0.25) is 5.02 Å². The van der Waals surface area contributed by atoms with E-state index in [0.717, 1.165) is 19.3 Å². The van der Waals surface area contributed by atoms with Gasteiger partial charge in [-0.1, -0.05) is 23.7 Å². The van der Waals surface area contributed by atoms with Gasteiger partial charge in [-0.2, -0.15) is 0 Å². The summed E-state index contributed by atoms with van der Waals surface area (Å²) >= 11 is 6.06. The third-order valence-corrected chi connectivity index (χ3v) is 3.80. The smallest absolute Gasteiger partial charge is 0.255 e. The highest BCUT2D eigenvalue weighted by Crippen LogP contribution is 2.24. The molecule has 0 unspecified atom stereocenters. The SMILES string of the molecule is C[C@H](O)[C@@H]1CCCCN1C(=O)c1ccccc1Cl. The van der Waals surface area contributed by atoms with Gasteiger partial charge < -0.3 is 10.0 Å². The van der Waals surface area contributed by atoms with Gasteiger partial charge in [0.05, 0.1) is 22.7 Å². The molecule has 1 aliphatic rings. The maximum atomic E-state index is 12.5. The Morgan fingerprint density at radius 2 is 2.17 bits per heavy atom. The van der Waals surface area contributed by atoms with Crippen LogP contribution in [-0.4, -0.2) is 34.6 Å². The van der Waals surface area contributed by atoms with Crippen molar-refractivity contribution in [2.45, 2.75) is 38.3 Å². The summed E-state index contributed by atoms with van der Waals surface area (Å²) in [6, 6.07) is 6.97. The van der Waals surface area contributed by atoms with Crippen LogP contribution in [0.1, 0.15) is 36.5 Å². The number of halogens is 1. The number of carbonyl (C=O) groups is 1. The quantitative estimate of drug-likeness (QED) is 0.895. The lowest BCUT2D eigenvalue weighted by Crippen LogP contribution is -2.49. The number of carbonyl (C=O) groups excluding carboxylic acids is 1. The second kappa shape index (κ2) is 5.72. The average Bonchev–Trinajstić information content (AvgIpc) is 2.38. The average molecular weight is 268 g/mol. The van der Waals surface area contributed by atoms with Crippen LogP contribution in [0, 0.1) is 0 Å². The Morgan fingerprint density at radius 3 is 2.83 bits per heavy atom. The largest absolute Gasteiger partial charge is 0.391 e. The summed E-state index contributed by atoms with van der Waals surface area (Å²) in [7, 11) is 0. The topological polar surface area (TPSA) is 40.5 Å². The molecule has 1 amide bonds. The van der Waals surface area contributed by atoms with Gasteiger partial charge in [-0.25, -0.2) is 0 Å². The Balaban J connectivity index is 2.24. The van der Waals surface area contributed by atoms with Crippen LogP contribution >= 0.6 is 11.6 Å². The predicted octanol–water partition coefficient (Wildman–Crippen LogP) is 2.72. The fraction of sp³-hybridized carbons (Fsp3) is 0.500. The summed E-state index contributed by atoms with van der Waals surface area (Å²) in [6.07, 6.45) is 2.39. The molecule has 18 heavy (non-hydrogen) atoms. The summed E-state index contributed by atoms with van der Waals surface area (Å²) in [5.41, 5.74) is 0.520. The van der Waals surface area contributed by atoms with Crippen molar-refractivity contribution >= 4 is 17.5 Å². The number of nitrogens with zero attached hydrogens (tertiary/aromatic N) is 1. The molecular weight excluding hydrogens is 250 g/mol. The fourth-order valence-electron chi connectivity index (χ4n) is 2.50. The number of rotatable bonds is 2. The van der Waals surface area contributed by atoms with E-state index in [1.807, 2.05) is 6.07 Å². The second-order valence-corrected chi connectivity index (χ2v) is 5.19. The van der Waals surface area contributed by atoms with Gasteiger partial charge in [0.25, 0.3) is 5.91 Å².